The van der Waals surface area contributed by atoms with Crippen molar-refractivity contribution in [1.82, 2.24) is 4.90 Å². The second-order valence-corrected chi connectivity index (χ2v) is 7.97. The van der Waals surface area contributed by atoms with E-state index in [2.05, 4.69) is 18.2 Å². The van der Waals surface area contributed by atoms with Crippen molar-refractivity contribution in [3.63, 3.8) is 0 Å². The molecule has 4 unspecified atom stereocenters. The number of carbonyl (C=O) groups is 1. The lowest BCUT2D eigenvalue weighted by atomic mass is 9.66. The van der Waals surface area contributed by atoms with Crippen LogP contribution in [0.2, 0.25) is 0 Å². The Hall–Kier alpha value is -1.81. The van der Waals surface area contributed by atoms with Crippen molar-refractivity contribution >= 4 is 5.91 Å². The van der Waals surface area contributed by atoms with Gasteiger partial charge in [0.25, 0.3) is 0 Å². The Balaban J connectivity index is 1.71. The van der Waals surface area contributed by atoms with Crippen LogP contribution in [0.5, 0.6) is 5.75 Å². The number of hydrogen-bond acceptors (Lipinski definition) is 3. The van der Waals surface area contributed by atoms with Crippen molar-refractivity contribution in [2.24, 2.45) is 5.92 Å². The number of carbonyl (C=O) groups excluding carboxylic acids is 1. The van der Waals surface area contributed by atoms with Crippen LogP contribution >= 0.6 is 0 Å². The summed E-state index contributed by atoms with van der Waals surface area (Å²) in [7, 11) is 1.68. The molecule has 4 nitrogen and oxygen atoms in total. The van der Waals surface area contributed by atoms with Gasteiger partial charge in [0.15, 0.2) is 0 Å². The number of nitrogens with zero attached hydrogens (tertiary/aromatic N) is 1. The summed E-state index contributed by atoms with van der Waals surface area (Å²) in [6.45, 7) is 2.75. The lowest BCUT2D eigenvalue weighted by molar-refractivity contribution is -0.151. The van der Waals surface area contributed by atoms with E-state index >= 15 is 0 Å². The molecule has 1 aliphatic heterocycles. The van der Waals surface area contributed by atoms with Gasteiger partial charge in [-0.2, -0.15) is 0 Å². The van der Waals surface area contributed by atoms with Gasteiger partial charge in [-0.1, -0.05) is 25.1 Å². The monoisotopic (exact) mass is 355 g/mol. The molecule has 1 N–H and O–H groups in total. The number of fused-ring (bicyclic) bond motifs is 4. The minimum Gasteiger partial charge on any atom is -0.497 e. The molecule has 1 amide bonds. The zero-order chi connectivity index (χ0) is 18.3. The van der Waals surface area contributed by atoms with E-state index in [1.165, 1.54) is 5.56 Å². The third kappa shape index (κ3) is 2.66. The number of hydrogen-bond donors (Lipinski definition) is 1. The Kier molecular flexibility index (Phi) is 4.55. The minimum absolute atomic E-state index is 0.0151. The van der Waals surface area contributed by atoms with Crippen LogP contribution in [0.15, 0.2) is 30.4 Å². The molecule has 1 aromatic rings. The average molecular weight is 355 g/mol. The van der Waals surface area contributed by atoms with Crippen molar-refractivity contribution in [3.05, 3.63) is 41.5 Å². The molecule has 1 fully saturated rings. The fourth-order valence-corrected chi connectivity index (χ4v) is 5.20. The molecule has 140 valence electrons. The summed E-state index contributed by atoms with van der Waals surface area (Å²) in [6, 6.07) is 5.88. The Labute approximate surface area is 155 Å². The van der Waals surface area contributed by atoms with Crippen molar-refractivity contribution in [2.45, 2.75) is 63.0 Å². The van der Waals surface area contributed by atoms with Crippen LogP contribution in [-0.4, -0.2) is 35.6 Å². The number of rotatable bonds is 3. The van der Waals surface area contributed by atoms with Gasteiger partial charge in [-0.3, -0.25) is 4.79 Å². The third-order valence-electron chi connectivity index (χ3n) is 6.71. The van der Waals surface area contributed by atoms with E-state index in [0.717, 1.165) is 50.0 Å². The van der Waals surface area contributed by atoms with E-state index in [1.54, 1.807) is 7.11 Å². The van der Waals surface area contributed by atoms with Gasteiger partial charge in [-0.25, -0.2) is 0 Å². The molecule has 1 aromatic carbocycles. The molecule has 2 bridgehead atoms. The van der Waals surface area contributed by atoms with Crippen LogP contribution < -0.4 is 4.74 Å². The van der Waals surface area contributed by atoms with Crippen molar-refractivity contribution < 1.29 is 14.6 Å². The molecule has 0 aromatic heterocycles. The third-order valence-corrected chi connectivity index (χ3v) is 6.71. The van der Waals surface area contributed by atoms with Gasteiger partial charge in [-0.05, 0) is 67.7 Å². The lowest BCUT2D eigenvalue weighted by Crippen LogP contribution is -2.59. The van der Waals surface area contributed by atoms with Gasteiger partial charge < -0.3 is 14.7 Å². The molecular formula is C22H29NO3. The summed E-state index contributed by atoms with van der Waals surface area (Å²) in [5, 5.41) is 11.7. The zero-order valence-electron chi connectivity index (χ0n) is 15.8. The number of allylic oxidation sites excluding steroid dienone is 1. The molecule has 1 saturated heterocycles. The highest BCUT2D eigenvalue weighted by atomic mass is 16.5. The quantitative estimate of drug-likeness (QED) is 0.841. The predicted octanol–water partition coefficient (Wildman–Crippen LogP) is 3.74. The highest BCUT2D eigenvalue weighted by Crippen LogP contribution is 2.50. The van der Waals surface area contributed by atoms with Crippen molar-refractivity contribution in [3.8, 4) is 5.75 Å². The van der Waals surface area contributed by atoms with Gasteiger partial charge >= 0.3 is 0 Å². The predicted molar refractivity (Wildman–Crippen MR) is 101 cm³/mol. The fourth-order valence-electron chi connectivity index (χ4n) is 5.20. The van der Waals surface area contributed by atoms with Crippen LogP contribution in [0.3, 0.4) is 0 Å². The van der Waals surface area contributed by atoms with Crippen molar-refractivity contribution in [1.29, 1.82) is 0 Å². The number of amides is 1. The molecule has 3 aliphatic rings. The molecule has 0 saturated carbocycles. The van der Waals surface area contributed by atoms with Gasteiger partial charge in [0.2, 0.25) is 5.91 Å². The normalized spacial score (nSPS) is 32.9. The van der Waals surface area contributed by atoms with E-state index in [9.17, 15) is 9.90 Å². The van der Waals surface area contributed by atoms with Gasteiger partial charge in [-0.15, -0.1) is 0 Å². The summed E-state index contributed by atoms with van der Waals surface area (Å²) in [6.07, 6.45) is 9.69. The van der Waals surface area contributed by atoms with Crippen LogP contribution in [-0.2, 0) is 10.4 Å². The van der Waals surface area contributed by atoms with E-state index in [0.29, 0.717) is 12.3 Å². The molecule has 26 heavy (non-hydrogen) atoms. The Morgan fingerprint density at radius 3 is 2.92 bits per heavy atom. The van der Waals surface area contributed by atoms with Crippen molar-refractivity contribution in [2.75, 3.05) is 13.7 Å². The molecule has 1 heterocycles. The molecule has 0 radical (unpaired) electrons. The van der Waals surface area contributed by atoms with Gasteiger partial charge in [0.1, 0.15) is 11.4 Å². The number of benzene rings is 1. The molecule has 4 atom stereocenters. The highest BCUT2D eigenvalue weighted by molar-refractivity contribution is 5.81. The standard InChI is InChI=1S/C22H29NO3/c1-3-22(25)19-10-9-17(26-2)14-18(19)16-11-12-23(20(22)13-16)21(24)15-7-5-4-6-8-15/h5,7,9-10,14-16,20,25H,3-4,6,8,11-13H2,1-2H3. The SMILES string of the molecule is CCC1(O)c2ccc(OC)cc2C2CCN(C(=O)C3C=CCCC3)C1C2. The molecular weight excluding hydrogens is 326 g/mol. The topological polar surface area (TPSA) is 49.8 Å². The first-order valence-electron chi connectivity index (χ1n) is 9.96. The van der Waals surface area contributed by atoms with Gasteiger partial charge in [0, 0.05) is 6.54 Å². The zero-order valence-corrected chi connectivity index (χ0v) is 15.8. The number of ether oxygens (including phenoxy) is 1. The lowest BCUT2D eigenvalue weighted by Gasteiger charge is -2.53. The molecule has 4 rings (SSSR count). The van der Waals surface area contributed by atoms with E-state index in [-0.39, 0.29) is 17.9 Å². The van der Waals surface area contributed by atoms with Crippen LogP contribution in [0.25, 0.3) is 0 Å². The summed E-state index contributed by atoms with van der Waals surface area (Å²) < 4.78 is 5.40. The Bertz CT molecular complexity index is 728. The first-order valence-corrected chi connectivity index (χ1v) is 9.96. The van der Waals surface area contributed by atoms with Gasteiger partial charge in [0.05, 0.1) is 19.1 Å². The summed E-state index contributed by atoms with van der Waals surface area (Å²) in [4.78, 5) is 15.2. The number of likely N-dealkylation sites (tertiary alicyclic amines) is 1. The molecule has 4 heteroatoms. The minimum atomic E-state index is -0.980. The highest BCUT2D eigenvalue weighted by Gasteiger charge is 2.51. The first kappa shape index (κ1) is 17.6. The van der Waals surface area contributed by atoms with E-state index in [1.807, 2.05) is 24.0 Å². The first-order chi connectivity index (χ1) is 12.6. The second-order valence-electron chi connectivity index (χ2n) is 7.97. The molecule has 2 aliphatic carbocycles. The Morgan fingerprint density at radius 2 is 2.23 bits per heavy atom. The van der Waals surface area contributed by atoms with Crippen LogP contribution in [0, 0.1) is 5.92 Å². The Morgan fingerprint density at radius 1 is 1.38 bits per heavy atom. The van der Waals surface area contributed by atoms with E-state index in [4.69, 9.17) is 4.74 Å². The maximum atomic E-state index is 13.2. The summed E-state index contributed by atoms with van der Waals surface area (Å²) in [5.74, 6) is 1.42. The number of methoxy groups -OCH3 is 1. The van der Waals surface area contributed by atoms with E-state index < -0.39 is 5.60 Å². The summed E-state index contributed by atoms with van der Waals surface area (Å²) >= 11 is 0. The maximum absolute atomic E-state index is 13.2. The largest absolute Gasteiger partial charge is 0.497 e. The average Bonchev–Trinajstić information content (AvgIpc) is 2.71. The second kappa shape index (κ2) is 6.73. The van der Waals surface area contributed by atoms with Crippen LogP contribution in [0.1, 0.15) is 62.5 Å². The smallest absolute Gasteiger partial charge is 0.229 e. The maximum Gasteiger partial charge on any atom is 0.229 e. The molecule has 0 spiro atoms. The fraction of sp³-hybridized carbons (Fsp3) is 0.591. The van der Waals surface area contributed by atoms with Crippen LogP contribution in [0.4, 0.5) is 0 Å². The number of piperidine rings is 1. The summed E-state index contributed by atoms with van der Waals surface area (Å²) in [5.41, 5.74) is 1.21. The number of aliphatic hydroxyl groups is 1.